The Morgan fingerprint density at radius 3 is 2.45 bits per heavy atom. The van der Waals surface area contributed by atoms with E-state index in [2.05, 4.69) is 15.5 Å². The molecule has 0 fully saturated rings. The number of thioether (sulfide) groups is 1. The van der Waals surface area contributed by atoms with Crippen molar-refractivity contribution in [3.05, 3.63) is 30.3 Å². The largest absolute Gasteiger partial charge is 0.351 e. The standard InChI is InChI=1S/C16H22N4OS/c1-11(14(21)17-16(2,3)4)22-15-19-18-13(20(15)5)12-9-7-6-8-10-12/h6-11H,1-5H3,(H,17,21)/t11-/m0/s1. The number of rotatable bonds is 4. The van der Waals surface area contributed by atoms with E-state index in [1.54, 1.807) is 0 Å². The van der Waals surface area contributed by atoms with Crippen LogP contribution in [0.2, 0.25) is 0 Å². The molecular weight excluding hydrogens is 296 g/mol. The highest BCUT2D eigenvalue weighted by Crippen LogP contribution is 2.25. The van der Waals surface area contributed by atoms with Crippen molar-refractivity contribution in [1.29, 1.82) is 0 Å². The van der Waals surface area contributed by atoms with Gasteiger partial charge < -0.3 is 9.88 Å². The maximum atomic E-state index is 12.2. The second-order valence-corrected chi connectivity index (χ2v) is 7.54. The van der Waals surface area contributed by atoms with Gasteiger partial charge in [0.2, 0.25) is 5.91 Å². The van der Waals surface area contributed by atoms with Crippen LogP contribution in [0.5, 0.6) is 0 Å². The number of aromatic nitrogens is 3. The molecule has 0 aliphatic carbocycles. The topological polar surface area (TPSA) is 59.8 Å². The van der Waals surface area contributed by atoms with Crippen molar-refractivity contribution in [3.63, 3.8) is 0 Å². The number of hydrogen-bond donors (Lipinski definition) is 1. The minimum absolute atomic E-state index is 0.00163. The third kappa shape index (κ3) is 4.10. The van der Waals surface area contributed by atoms with Crippen molar-refractivity contribution in [3.8, 4) is 11.4 Å². The Morgan fingerprint density at radius 2 is 1.86 bits per heavy atom. The van der Waals surface area contributed by atoms with Crippen molar-refractivity contribution < 1.29 is 4.79 Å². The Hall–Kier alpha value is -1.82. The van der Waals surface area contributed by atoms with Crippen molar-refractivity contribution in [2.24, 2.45) is 7.05 Å². The van der Waals surface area contributed by atoms with Gasteiger partial charge in [0.1, 0.15) is 0 Å². The van der Waals surface area contributed by atoms with Crippen LogP contribution >= 0.6 is 11.8 Å². The smallest absolute Gasteiger partial charge is 0.233 e. The number of amides is 1. The van der Waals surface area contributed by atoms with Gasteiger partial charge in [0, 0.05) is 18.2 Å². The summed E-state index contributed by atoms with van der Waals surface area (Å²) in [6.07, 6.45) is 0. The number of benzene rings is 1. The summed E-state index contributed by atoms with van der Waals surface area (Å²) in [7, 11) is 1.92. The minimum atomic E-state index is -0.235. The molecule has 1 amide bonds. The average molecular weight is 318 g/mol. The summed E-state index contributed by atoms with van der Waals surface area (Å²) in [6, 6.07) is 9.89. The summed E-state index contributed by atoms with van der Waals surface area (Å²) in [5.41, 5.74) is 0.775. The summed E-state index contributed by atoms with van der Waals surface area (Å²) >= 11 is 1.41. The molecule has 1 aromatic heterocycles. The molecule has 0 unspecified atom stereocenters. The first-order chi connectivity index (χ1) is 10.3. The van der Waals surface area contributed by atoms with Crippen LogP contribution in [-0.2, 0) is 11.8 Å². The number of carbonyl (C=O) groups excluding carboxylic acids is 1. The van der Waals surface area contributed by atoms with E-state index in [1.165, 1.54) is 11.8 Å². The van der Waals surface area contributed by atoms with E-state index in [4.69, 9.17) is 0 Å². The highest BCUT2D eigenvalue weighted by atomic mass is 32.2. The average Bonchev–Trinajstić information content (AvgIpc) is 2.79. The Morgan fingerprint density at radius 1 is 1.23 bits per heavy atom. The van der Waals surface area contributed by atoms with Crippen LogP contribution < -0.4 is 5.32 Å². The number of carbonyl (C=O) groups is 1. The molecule has 0 aliphatic heterocycles. The lowest BCUT2D eigenvalue weighted by Gasteiger charge is -2.22. The molecule has 1 heterocycles. The second kappa shape index (κ2) is 6.52. The summed E-state index contributed by atoms with van der Waals surface area (Å²) < 4.78 is 1.92. The molecule has 0 bridgehead atoms. The summed E-state index contributed by atoms with van der Waals surface area (Å²) in [4.78, 5) is 12.2. The van der Waals surface area contributed by atoms with Gasteiger partial charge in [-0.15, -0.1) is 10.2 Å². The van der Waals surface area contributed by atoms with Gasteiger partial charge in [-0.05, 0) is 27.7 Å². The molecule has 6 heteroatoms. The van der Waals surface area contributed by atoms with E-state index in [1.807, 2.05) is 69.6 Å². The molecule has 22 heavy (non-hydrogen) atoms. The molecule has 0 aliphatic rings. The summed E-state index contributed by atoms with van der Waals surface area (Å²) in [5.74, 6) is 0.799. The molecule has 1 aromatic carbocycles. The van der Waals surface area contributed by atoms with Crippen molar-refractivity contribution >= 4 is 17.7 Å². The molecular formula is C16H22N4OS. The van der Waals surface area contributed by atoms with Crippen molar-refractivity contribution in [2.45, 2.75) is 43.6 Å². The third-order valence-electron chi connectivity index (χ3n) is 3.02. The van der Waals surface area contributed by atoms with E-state index >= 15 is 0 Å². The zero-order valence-corrected chi connectivity index (χ0v) is 14.4. The van der Waals surface area contributed by atoms with E-state index in [0.29, 0.717) is 0 Å². The lowest BCUT2D eigenvalue weighted by Crippen LogP contribution is -2.44. The van der Waals surface area contributed by atoms with Crippen LogP contribution in [0.4, 0.5) is 0 Å². The Balaban J connectivity index is 2.12. The highest BCUT2D eigenvalue weighted by molar-refractivity contribution is 8.00. The van der Waals surface area contributed by atoms with Crippen LogP contribution in [0.1, 0.15) is 27.7 Å². The molecule has 5 nitrogen and oxygen atoms in total. The highest BCUT2D eigenvalue weighted by Gasteiger charge is 2.22. The van der Waals surface area contributed by atoms with Gasteiger partial charge in [-0.25, -0.2) is 0 Å². The predicted molar refractivity (Wildman–Crippen MR) is 89.7 cm³/mol. The van der Waals surface area contributed by atoms with Gasteiger partial charge in [-0.2, -0.15) is 0 Å². The van der Waals surface area contributed by atoms with Crippen molar-refractivity contribution in [2.75, 3.05) is 0 Å². The fraction of sp³-hybridized carbons (Fsp3) is 0.438. The lowest BCUT2D eigenvalue weighted by atomic mass is 10.1. The maximum Gasteiger partial charge on any atom is 0.233 e. The maximum absolute atomic E-state index is 12.2. The molecule has 118 valence electrons. The molecule has 2 aromatic rings. The fourth-order valence-electron chi connectivity index (χ4n) is 1.94. The molecule has 0 spiro atoms. The van der Waals surface area contributed by atoms with E-state index in [-0.39, 0.29) is 16.7 Å². The zero-order chi connectivity index (χ0) is 16.3. The van der Waals surface area contributed by atoms with Gasteiger partial charge in [0.15, 0.2) is 11.0 Å². The van der Waals surface area contributed by atoms with Gasteiger partial charge in [-0.3, -0.25) is 4.79 Å². The zero-order valence-electron chi connectivity index (χ0n) is 13.6. The SMILES string of the molecule is C[C@H](Sc1nnc(-c2ccccc2)n1C)C(=O)NC(C)(C)C. The first-order valence-corrected chi connectivity index (χ1v) is 8.09. The lowest BCUT2D eigenvalue weighted by molar-refractivity contribution is -0.121. The molecule has 1 N–H and O–H groups in total. The van der Waals surface area contributed by atoms with Crippen LogP contribution in [0.25, 0.3) is 11.4 Å². The number of nitrogens with zero attached hydrogens (tertiary/aromatic N) is 3. The summed E-state index contributed by atoms with van der Waals surface area (Å²) in [5, 5.41) is 11.9. The normalized spacial score (nSPS) is 13.0. The number of nitrogens with one attached hydrogen (secondary N) is 1. The van der Waals surface area contributed by atoms with Crippen LogP contribution in [0, 0.1) is 0 Å². The predicted octanol–water partition coefficient (Wildman–Crippen LogP) is 2.88. The molecule has 0 radical (unpaired) electrons. The molecule has 0 saturated carbocycles. The second-order valence-electron chi connectivity index (χ2n) is 6.23. The van der Waals surface area contributed by atoms with Crippen molar-refractivity contribution in [1.82, 2.24) is 20.1 Å². The fourth-order valence-corrected chi connectivity index (χ4v) is 2.75. The molecule has 1 atom stereocenters. The Labute approximate surface area is 135 Å². The summed E-state index contributed by atoms with van der Waals surface area (Å²) in [6.45, 7) is 7.79. The van der Waals surface area contributed by atoms with Gasteiger partial charge in [0.05, 0.1) is 5.25 Å². The van der Waals surface area contributed by atoms with E-state index in [9.17, 15) is 4.79 Å². The quantitative estimate of drug-likeness (QED) is 0.881. The van der Waals surface area contributed by atoms with E-state index < -0.39 is 0 Å². The third-order valence-corrected chi connectivity index (χ3v) is 4.15. The minimum Gasteiger partial charge on any atom is -0.351 e. The molecule has 2 rings (SSSR count). The van der Waals surface area contributed by atoms with Crippen LogP contribution in [0.15, 0.2) is 35.5 Å². The van der Waals surface area contributed by atoms with Gasteiger partial charge in [0.25, 0.3) is 0 Å². The van der Waals surface area contributed by atoms with Gasteiger partial charge in [-0.1, -0.05) is 42.1 Å². The molecule has 0 saturated heterocycles. The first-order valence-electron chi connectivity index (χ1n) is 7.21. The van der Waals surface area contributed by atoms with E-state index in [0.717, 1.165) is 16.5 Å². The Bertz CT molecular complexity index is 646. The van der Waals surface area contributed by atoms with Gasteiger partial charge >= 0.3 is 0 Å². The number of hydrogen-bond acceptors (Lipinski definition) is 4. The first kappa shape index (κ1) is 16.5. The van der Waals surface area contributed by atoms with Crippen LogP contribution in [-0.4, -0.2) is 31.5 Å². The monoisotopic (exact) mass is 318 g/mol. The van der Waals surface area contributed by atoms with Crippen LogP contribution in [0.3, 0.4) is 0 Å². The Kier molecular flexibility index (Phi) is 4.90.